The summed E-state index contributed by atoms with van der Waals surface area (Å²) >= 11 is 0. The molecule has 0 atom stereocenters. The minimum atomic E-state index is -1.72. The smallest absolute Gasteiger partial charge is 0.192 e. The van der Waals surface area contributed by atoms with Gasteiger partial charge in [-0.3, -0.25) is 0 Å². The predicted octanol–water partition coefficient (Wildman–Crippen LogP) is 4.46. The van der Waals surface area contributed by atoms with Crippen molar-refractivity contribution in [3.05, 3.63) is 23.8 Å². The molecule has 2 nitrogen and oxygen atoms in total. The zero-order valence-electron chi connectivity index (χ0n) is 14.3. The van der Waals surface area contributed by atoms with Crippen molar-refractivity contribution in [1.29, 1.82) is 0 Å². The van der Waals surface area contributed by atoms with Crippen molar-refractivity contribution in [3.63, 3.8) is 0 Å². The summed E-state index contributed by atoms with van der Waals surface area (Å²) in [6, 6.07) is 5.93. The average Bonchev–Trinajstić information content (AvgIpc) is 2.24. The lowest BCUT2D eigenvalue weighted by atomic mass is 10.2. The van der Waals surface area contributed by atoms with E-state index in [1.165, 1.54) is 5.56 Å². The topological polar surface area (TPSA) is 29.5 Å². The predicted molar refractivity (Wildman–Crippen MR) is 93.1 cm³/mol. The van der Waals surface area contributed by atoms with Gasteiger partial charge in [-0.1, -0.05) is 52.5 Å². The van der Waals surface area contributed by atoms with Crippen LogP contribution >= 0.6 is 0 Å². The van der Waals surface area contributed by atoms with Crippen molar-refractivity contribution in [2.24, 2.45) is 0 Å². The molecule has 0 radical (unpaired) electrons. The zero-order chi connectivity index (χ0) is 15.8. The van der Waals surface area contributed by atoms with Gasteiger partial charge in [0.1, 0.15) is 5.75 Å². The first-order valence-electron chi connectivity index (χ1n) is 7.31. The van der Waals surface area contributed by atoms with Crippen molar-refractivity contribution in [2.45, 2.75) is 65.2 Å². The molecule has 0 aliphatic rings. The standard InChI is InChI=1S/C16H30O2Si2/c1-16(2,3)20(7,8)18-12-13-9-10-14(17)15(11-13)19(4,5)6/h9-11,17H,12H2,1-8H3. The van der Waals surface area contributed by atoms with Crippen LogP contribution in [-0.2, 0) is 11.0 Å². The molecule has 0 amide bonds. The molecule has 0 aromatic heterocycles. The van der Waals surface area contributed by atoms with E-state index in [4.69, 9.17) is 4.43 Å². The average molecular weight is 311 g/mol. The number of phenols is 1. The summed E-state index contributed by atoms with van der Waals surface area (Å²) in [4.78, 5) is 0. The Bertz CT molecular complexity index is 468. The molecule has 0 heterocycles. The Balaban J connectivity index is 2.91. The minimum absolute atomic E-state index is 0.228. The van der Waals surface area contributed by atoms with E-state index in [2.05, 4.69) is 59.6 Å². The van der Waals surface area contributed by atoms with E-state index in [0.717, 1.165) is 5.19 Å². The highest BCUT2D eigenvalue weighted by Crippen LogP contribution is 2.37. The number of rotatable bonds is 4. The van der Waals surface area contributed by atoms with Crippen LogP contribution in [0.15, 0.2) is 18.2 Å². The lowest BCUT2D eigenvalue weighted by Gasteiger charge is -2.36. The van der Waals surface area contributed by atoms with Crippen LogP contribution in [0.5, 0.6) is 5.75 Å². The van der Waals surface area contributed by atoms with Crippen LogP contribution in [0.1, 0.15) is 26.3 Å². The largest absolute Gasteiger partial charge is 0.508 e. The summed E-state index contributed by atoms with van der Waals surface area (Å²) < 4.78 is 6.26. The molecule has 1 aromatic carbocycles. The Labute approximate surface area is 126 Å². The first-order valence-corrected chi connectivity index (χ1v) is 13.7. The van der Waals surface area contributed by atoms with Crippen molar-refractivity contribution >= 4 is 21.6 Å². The normalized spacial score (nSPS) is 13.6. The van der Waals surface area contributed by atoms with Gasteiger partial charge in [-0.2, -0.15) is 0 Å². The third kappa shape index (κ3) is 4.20. The molecule has 1 aromatic rings. The molecule has 0 aliphatic carbocycles. The van der Waals surface area contributed by atoms with Crippen molar-refractivity contribution in [3.8, 4) is 5.75 Å². The Morgan fingerprint density at radius 2 is 1.60 bits per heavy atom. The quantitative estimate of drug-likeness (QED) is 0.832. The summed E-state index contributed by atoms with van der Waals surface area (Å²) in [7, 11) is -3.23. The zero-order valence-corrected chi connectivity index (χ0v) is 16.3. The lowest BCUT2D eigenvalue weighted by Crippen LogP contribution is -2.41. The van der Waals surface area contributed by atoms with Gasteiger partial charge in [-0.15, -0.1) is 0 Å². The van der Waals surface area contributed by atoms with Gasteiger partial charge in [0.15, 0.2) is 8.32 Å². The summed E-state index contributed by atoms with van der Waals surface area (Å²) in [6.45, 7) is 18.7. The molecule has 0 spiro atoms. The van der Waals surface area contributed by atoms with Crippen molar-refractivity contribution in [1.82, 2.24) is 0 Å². The third-order valence-corrected chi connectivity index (χ3v) is 10.8. The van der Waals surface area contributed by atoms with Crippen LogP contribution in [0.2, 0.25) is 37.8 Å². The maximum Gasteiger partial charge on any atom is 0.192 e. The van der Waals surface area contributed by atoms with Gasteiger partial charge in [0.2, 0.25) is 0 Å². The first kappa shape index (κ1) is 17.5. The Kier molecular flexibility index (Phi) is 4.94. The van der Waals surface area contributed by atoms with Crippen LogP contribution in [-0.4, -0.2) is 21.5 Å². The minimum Gasteiger partial charge on any atom is -0.508 e. The summed E-state index contributed by atoms with van der Waals surface area (Å²) in [6.07, 6.45) is 0. The molecule has 114 valence electrons. The maximum atomic E-state index is 10.0. The van der Waals surface area contributed by atoms with Gasteiger partial charge >= 0.3 is 0 Å². The molecule has 0 bridgehead atoms. The fraction of sp³-hybridized carbons (Fsp3) is 0.625. The maximum absolute atomic E-state index is 10.0. The van der Waals surface area contributed by atoms with Crippen molar-refractivity contribution < 1.29 is 9.53 Å². The van der Waals surface area contributed by atoms with E-state index in [1.54, 1.807) is 0 Å². The van der Waals surface area contributed by atoms with Crippen LogP contribution < -0.4 is 5.19 Å². The number of phenolic OH excluding ortho intramolecular Hbond substituents is 1. The van der Waals surface area contributed by atoms with Gasteiger partial charge in [0.25, 0.3) is 0 Å². The second kappa shape index (κ2) is 5.66. The number of hydrogen-bond acceptors (Lipinski definition) is 2. The van der Waals surface area contributed by atoms with E-state index in [0.29, 0.717) is 12.4 Å². The van der Waals surface area contributed by atoms with E-state index >= 15 is 0 Å². The van der Waals surface area contributed by atoms with Gasteiger partial charge < -0.3 is 9.53 Å². The van der Waals surface area contributed by atoms with Gasteiger partial charge in [-0.05, 0) is 34.9 Å². The Morgan fingerprint density at radius 1 is 1.05 bits per heavy atom. The third-order valence-electron chi connectivity index (χ3n) is 4.27. The fourth-order valence-electron chi connectivity index (χ4n) is 1.75. The molecular formula is C16H30O2Si2. The van der Waals surface area contributed by atoms with Crippen LogP contribution in [0.3, 0.4) is 0 Å². The van der Waals surface area contributed by atoms with Crippen LogP contribution in [0, 0.1) is 0 Å². The molecule has 0 aliphatic heterocycles. The second-order valence-electron chi connectivity index (χ2n) is 8.15. The number of benzene rings is 1. The van der Waals surface area contributed by atoms with E-state index in [1.807, 2.05) is 12.1 Å². The monoisotopic (exact) mass is 310 g/mol. The lowest BCUT2D eigenvalue weighted by molar-refractivity contribution is 0.276. The van der Waals surface area contributed by atoms with Crippen molar-refractivity contribution in [2.75, 3.05) is 0 Å². The number of aromatic hydroxyl groups is 1. The van der Waals surface area contributed by atoms with Crippen LogP contribution in [0.4, 0.5) is 0 Å². The van der Waals surface area contributed by atoms with E-state index in [9.17, 15) is 5.11 Å². The van der Waals surface area contributed by atoms with Gasteiger partial charge in [0.05, 0.1) is 14.7 Å². The molecule has 4 heteroatoms. The molecule has 1 rings (SSSR count). The molecule has 0 saturated carbocycles. The molecule has 1 N–H and O–H groups in total. The highest BCUT2D eigenvalue weighted by atomic mass is 28.4. The molecule has 20 heavy (non-hydrogen) atoms. The number of hydrogen-bond donors (Lipinski definition) is 1. The molecule has 0 unspecified atom stereocenters. The van der Waals surface area contributed by atoms with E-state index < -0.39 is 16.4 Å². The highest BCUT2D eigenvalue weighted by molar-refractivity contribution is 6.89. The Morgan fingerprint density at radius 3 is 2.05 bits per heavy atom. The molecule has 0 saturated heterocycles. The summed E-state index contributed by atoms with van der Waals surface area (Å²) in [5, 5.41) is 11.4. The summed E-state index contributed by atoms with van der Waals surface area (Å²) in [5.41, 5.74) is 1.17. The fourth-order valence-corrected chi connectivity index (χ4v) is 4.18. The second-order valence-corrected chi connectivity index (χ2v) is 18.0. The first-order chi connectivity index (χ1) is 8.84. The SMILES string of the molecule is CC(C)(C)[Si](C)(C)OCc1ccc(O)c([Si](C)(C)C)c1. The molecule has 0 fully saturated rings. The van der Waals surface area contributed by atoms with Crippen LogP contribution in [0.25, 0.3) is 0 Å². The van der Waals surface area contributed by atoms with Gasteiger partial charge in [-0.25, -0.2) is 0 Å². The Hall–Kier alpha value is -0.586. The highest BCUT2D eigenvalue weighted by Gasteiger charge is 2.37. The summed E-state index contributed by atoms with van der Waals surface area (Å²) in [5.74, 6) is 0.431. The van der Waals surface area contributed by atoms with Gasteiger partial charge in [0, 0.05) is 0 Å². The van der Waals surface area contributed by atoms with E-state index in [-0.39, 0.29) is 5.04 Å². The molecular weight excluding hydrogens is 280 g/mol.